The van der Waals surface area contributed by atoms with Crippen molar-refractivity contribution in [1.82, 2.24) is 10.0 Å². The van der Waals surface area contributed by atoms with E-state index in [1.807, 2.05) is 6.92 Å². The second kappa shape index (κ2) is 8.28. The Morgan fingerprint density at radius 1 is 1.44 bits per heavy atom. The molecule has 1 unspecified atom stereocenters. The summed E-state index contributed by atoms with van der Waals surface area (Å²) in [6, 6.07) is 0. The van der Waals surface area contributed by atoms with Crippen molar-refractivity contribution >= 4 is 22.4 Å². The molecule has 1 heterocycles. The normalized spacial score (nSPS) is 20.7. The zero-order valence-corrected chi connectivity index (χ0v) is 11.5. The molecular weight excluding hydrogens is 248 g/mol. The number of nitrogens with one attached hydrogen (secondary N) is 2. The average molecular weight is 271 g/mol. The number of sulfonamides is 1. The van der Waals surface area contributed by atoms with Gasteiger partial charge in [0.15, 0.2) is 0 Å². The van der Waals surface area contributed by atoms with Gasteiger partial charge in [0.2, 0.25) is 10.0 Å². The highest BCUT2D eigenvalue weighted by Gasteiger charge is 2.15. The van der Waals surface area contributed by atoms with Gasteiger partial charge >= 0.3 is 0 Å². The molecule has 2 N–H and O–H groups in total. The van der Waals surface area contributed by atoms with Gasteiger partial charge in [0, 0.05) is 6.54 Å². The van der Waals surface area contributed by atoms with E-state index in [4.69, 9.17) is 0 Å². The molecule has 1 fully saturated rings. The first-order chi connectivity index (χ1) is 7.14. The van der Waals surface area contributed by atoms with Gasteiger partial charge in [-0.15, -0.1) is 12.4 Å². The van der Waals surface area contributed by atoms with Crippen LogP contribution in [0.25, 0.3) is 0 Å². The van der Waals surface area contributed by atoms with Crippen LogP contribution in [0.3, 0.4) is 0 Å². The Kier molecular flexibility index (Phi) is 8.36. The number of hydrogen-bond acceptors (Lipinski definition) is 3. The third-order valence-electron chi connectivity index (χ3n) is 2.80. The molecule has 98 valence electrons. The van der Waals surface area contributed by atoms with Crippen molar-refractivity contribution in [2.75, 3.05) is 25.4 Å². The minimum atomic E-state index is -3.01. The summed E-state index contributed by atoms with van der Waals surface area (Å²) in [7, 11) is -3.01. The van der Waals surface area contributed by atoms with Crippen LogP contribution in [0.1, 0.15) is 32.6 Å². The van der Waals surface area contributed by atoms with Crippen molar-refractivity contribution in [3.63, 3.8) is 0 Å². The second-order valence-corrected chi connectivity index (χ2v) is 6.14. The lowest BCUT2D eigenvalue weighted by Crippen LogP contribution is -2.28. The van der Waals surface area contributed by atoms with Crippen LogP contribution in [0.15, 0.2) is 0 Å². The van der Waals surface area contributed by atoms with Crippen LogP contribution < -0.4 is 10.0 Å². The first kappa shape index (κ1) is 16.2. The highest BCUT2D eigenvalue weighted by Crippen LogP contribution is 2.10. The molecule has 0 radical (unpaired) electrons. The second-order valence-electron chi connectivity index (χ2n) is 4.21. The Hall–Kier alpha value is 0.160. The molecule has 0 aromatic rings. The summed E-state index contributed by atoms with van der Waals surface area (Å²) in [5.74, 6) is 0.922. The Balaban J connectivity index is 0.00000225. The number of unbranched alkanes of at least 4 members (excludes halogenated alkanes) is 1. The standard InChI is InChI=1S/C10H22N2O2S.ClH/c1-2-3-8-15(13,14)12-7-5-10-4-6-11-9-10;/h10-12H,2-9H2,1H3;1H. The minimum Gasteiger partial charge on any atom is -0.316 e. The minimum absolute atomic E-state index is 0. The summed E-state index contributed by atoms with van der Waals surface area (Å²) >= 11 is 0. The molecule has 4 nitrogen and oxygen atoms in total. The van der Waals surface area contributed by atoms with Gasteiger partial charge in [0.1, 0.15) is 0 Å². The van der Waals surface area contributed by atoms with E-state index < -0.39 is 10.0 Å². The van der Waals surface area contributed by atoms with Crippen LogP contribution in [-0.2, 0) is 10.0 Å². The Morgan fingerprint density at radius 2 is 2.19 bits per heavy atom. The Bertz CT molecular complexity index is 264. The first-order valence-corrected chi connectivity index (χ1v) is 7.47. The average Bonchev–Trinajstić information content (AvgIpc) is 2.67. The van der Waals surface area contributed by atoms with Gasteiger partial charge in [-0.1, -0.05) is 13.3 Å². The van der Waals surface area contributed by atoms with Gasteiger partial charge in [-0.25, -0.2) is 13.1 Å². The maximum Gasteiger partial charge on any atom is 0.211 e. The Labute approximate surface area is 105 Å². The van der Waals surface area contributed by atoms with E-state index in [0.717, 1.165) is 32.4 Å². The van der Waals surface area contributed by atoms with Gasteiger partial charge in [0.05, 0.1) is 5.75 Å². The third-order valence-corrected chi connectivity index (χ3v) is 4.27. The number of hydrogen-bond donors (Lipinski definition) is 2. The quantitative estimate of drug-likeness (QED) is 0.729. The number of halogens is 1. The van der Waals surface area contributed by atoms with E-state index >= 15 is 0 Å². The van der Waals surface area contributed by atoms with E-state index in [0.29, 0.717) is 12.5 Å². The van der Waals surface area contributed by atoms with Crippen LogP contribution in [0.4, 0.5) is 0 Å². The summed E-state index contributed by atoms with van der Waals surface area (Å²) in [5, 5.41) is 3.28. The largest absolute Gasteiger partial charge is 0.316 e. The van der Waals surface area contributed by atoms with Gasteiger partial charge in [0.25, 0.3) is 0 Å². The number of rotatable bonds is 7. The predicted molar refractivity (Wildman–Crippen MR) is 69.5 cm³/mol. The van der Waals surface area contributed by atoms with Crippen LogP contribution in [0.2, 0.25) is 0 Å². The van der Waals surface area contributed by atoms with Crippen molar-refractivity contribution in [2.24, 2.45) is 5.92 Å². The molecule has 1 saturated heterocycles. The van der Waals surface area contributed by atoms with E-state index in [-0.39, 0.29) is 18.2 Å². The van der Waals surface area contributed by atoms with Crippen molar-refractivity contribution < 1.29 is 8.42 Å². The third kappa shape index (κ3) is 6.68. The molecule has 0 bridgehead atoms. The van der Waals surface area contributed by atoms with Crippen LogP contribution in [0, 0.1) is 5.92 Å². The molecule has 0 aromatic carbocycles. The van der Waals surface area contributed by atoms with E-state index in [2.05, 4.69) is 10.0 Å². The van der Waals surface area contributed by atoms with E-state index in [1.165, 1.54) is 6.42 Å². The van der Waals surface area contributed by atoms with Gasteiger partial charge < -0.3 is 5.32 Å². The molecule has 1 atom stereocenters. The van der Waals surface area contributed by atoms with E-state index in [9.17, 15) is 8.42 Å². The summed E-state index contributed by atoms with van der Waals surface area (Å²) in [6.07, 6.45) is 3.81. The van der Waals surface area contributed by atoms with E-state index in [1.54, 1.807) is 0 Å². The monoisotopic (exact) mass is 270 g/mol. The zero-order valence-electron chi connectivity index (χ0n) is 9.87. The maximum atomic E-state index is 11.4. The van der Waals surface area contributed by atoms with Gasteiger partial charge in [-0.05, 0) is 38.3 Å². The maximum absolute atomic E-state index is 11.4. The summed E-state index contributed by atoms with van der Waals surface area (Å²) < 4.78 is 25.5. The first-order valence-electron chi connectivity index (χ1n) is 5.82. The summed E-state index contributed by atoms with van der Waals surface area (Å²) in [5.41, 5.74) is 0. The highest BCUT2D eigenvalue weighted by molar-refractivity contribution is 7.89. The Morgan fingerprint density at radius 3 is 2.75 bits per heavy atom. The molecule has 16 heavy (non-hydrogen) atoms. The lowest BCUT2D eigenvalue weighted by atomic mass is 10.1. The van der Waals surface area contributed by atoms with Crippen molar-refractivity contribution in [2.45, 2.75) is 32.6 Å². The fourth-order valence-corrected chi connectivity index (χ4v) is 3.03. The lowest BCUT2D eigenvalue weighted by Gasteiger charge is -2.09. The zero-order chi connectivity index (χ0) is 11.1. The fraction of sp³-hybridized carbons (Fsp3) is 1.00. The molecule has 1 aliphatic rings. The molecule has 1 aliphatic heterocycles. The molecule has 0 aliphatic carbocycles. The van der Waals surface area contributed by atoms with Crippen molar-refractivity contribution in [3.05, 3.63) is 0 Å². The summed E-state index contributed by atoms with van der Waals surface area (Å²) in [6.45, 7) is 4.71. The van der Waals surface area contributed by atoms with Crippen LogP contribution >= 0.6 is 12.4 Å². The molecule has 0 amide bonds. The SMILES string of the molecule is CCCCS(=O)(=O)NCCC1CCNC1.Cl. The summed E-state index contributed by atoms with van der Waals surface area (Å²) in [4.78, 5) is 0. The van der Waals surface area contributed by atoms with Gasteiger partial charge in [-0.2, -0.15) is 0 Å². The van der Waals surface area contributed by atoms with Gasteiger partial charge in [-0.3, -0.25) is 0 Å². The van der Waals surface area contributed by atoms with Crippen LogP contribution in [0.5, 0.6) is 0 Å². The molecule has 0 aromatic heterocycles. The van der Waals surface area contributed by atoms with Crippen molar-refractivity contribution in [3.8, 4) is 0 Å². The van der Waals surface area contributed by atoms with Crippen molar-refractivity contribution in [1.29, 1.82) is 0 Å². The smallest absolute Gasteiger partial charge is 0.211 e. The lowest BCUT2D eigenvalue weighted by molar-refractivity contribution is 0.518. The molecule has 0 spiro atoms. The predicted octanol–water partition coefficient (Wildman–Crippen LogP) is 1.13. The fourth-order valence-electron chi connectivity index (χ4n) is 1.79. The van der Waals surface area contributed by atoms with Crippen LogP contribution in [-0.4, -0.2) is 33.8 Å². The topological polar surface area (TPSA) is 58.2 Å². The molecule has 6 heteroatoms. The molecular formula is C10H23ClN2O2S. The molecule has 1 rings (SSSR count). The molecule has 0 saturated carbocycles. The highest BCUT2D eigenvalue weighted by atomic mass is 35.5.